The van der Waals surface area contributed by atoms with Gasteiger partial charge >= 0.3 is 0 Å². The van der Waals surface area contributed by atoms with E-state index >= 15 is 0 Å². The number of aliphatic hydroxyl groups excluding tert-OH is 1. The lowest BCUT2D eigenvalue weighted by molar-refractivity contribution is -0.132. The first-order chi connectivity index (χ1) is 15.7. The highest BCUT2D eigenvalue weighted by atomic mass is 35.5. The van der Waals surface area contributed by atoms with E-state index in [1.165, 1.54) is 24.1 Å². The molecule has 2 N–H and O–H groups in total. The fourth-order valence-electron chi connectivity index (χ4n) is 4.26. The Bertz CT molecular complexity index is 1300. The number of carbonyl (C=O) groups excluding carboxylic acids is 2. The van der Waals surface area contributed by atoms with E-state index < -0.39 is 17.7 Å². The molecule has 1 saturated heterocycles. The molecule has 0 saturated carbocycles. The van der Waals surface area contributed by atoms with Gasteiger partial charge in [-0.1, -0.05) is 29.8 Å². The van der Waals surface area contributed by atoms with E-state index in [9.17, 15) is 19.8 Å². The summed E-state index contributed by atoms with van der Waals surface area (Å²) in [5.74, 6) is -1.60. The summed E-state index contributed by atoms with van der Waals surface area (Å²) in [6, 6.07) is 15.4. The Morgan fingerprint density at radius 1 is 1.03 bits per heavy atom. The van der Waals surface area contributed by atoms with Crippen molar-refractivity contribution in [3.8, 4) is 11.5 Å². The van der Waals surface area contributed by atoms with Gasteiger partial charge in [0.05, 0.1) is 24.3 Å². The van der Waals surface area contributed by atoms with Gasteiger partial charge in [-0.3, -0.25) is 14.5 Å². The van der Waals surface area contributed by atoms with E-state index in [0.29, 0.717) is 27.6 Å². The number of ether oxygens (including phenoxy) is 1. The molecule has 4 rings (SSSR count). The van der Waals surface area contributed by atoms with Gasteiger partial charge in [-0.25, -0.2) is 0 Å². The van der Waals surface area contributed by atoms with Gasteiger partial charge in [-0.2, -0.15) is 0 Å². The number of hydrogen-bond acceptors (Lipinski definition) is 5. The highest BCUT2D eigenvalue weighted by Crippen LogP contribution is 2.44. The maximum atomic E-state index is 13.3. The first kappa shape index (κ1) is 22.4. The van der Waals surface area contributed by atoms with Crippen LogP contribution in [0.3, 0.4) is 0 Å². The Hall–Kier alpha value is -3.77. The number of aromatic hydroxyl groups is 1. The summed E-state index contributed by atoms with van der Waals surface area (Å²) in [6.07, 6.45) is 0. The van der Waals surface area contributed by atoms with E-state index in [0.717, 1.165) is 11.1 Å². The lowest BCUT2D eigenvalue weighted by Crippen LogP contribution is -2.29. The Kier molecular flexibility index (Phi) is 5.87. The van der Waals surface area contributed by atoms with Gasteiger partial charge in [0.1, 0.15) is 17.3 Å². The normalized spacial score (nSPS) is 17.5. The minimum absolute atomic E-state index is 0.0295. The minimum Gasteiger partial charge on any atom is -0.508 e. The molecule has 0 aliphatic carbocycles. The lowest BCUT2D eigenvalue weighted by atomic mass is 9.93. The number of phenolic OH excluding ortho intramolecular Hbond substituents is 1. The molecular formula is C26H22ClNO5. The van der Waals surface area contributed by atoms with Crippen LogP contribution in [0, 0.1) is 13.8 Å². The molecule has 1 atom stereocenters. The van der Waals surface area contributed by atoms with Crippen LogP contribution in [0.25, 0.3) is 5.76 Å². The predicted molar refractivity (Wildman–Crippen MR) is 127 cm³/mol. The molecule has 1 unspecified atom stereocenters. The first-order valence-corrected chi connectivity index (χ1v) is 10.6. The molecule has 1 aliphatic heterocycles. The van der Waals surface area contributed by atoms with Crippen molar-refractivity contribution in [2.24, 2.45) is 0 Å². The fraction of sp³-hybridized carbons (Fsp3) is 0.154. The summed E-state index contributed by atoms with van der Waals surface area (Å²) >= 11 is 6.01. The fourth-order valence-corrected chi connectivity index (χ4v) is 4.38. The Labute approximate surface area is 196 Å². The molecule has 1 aliphatic rings. The maximum Gasteiger partial charge on any atom is 0.300 e. The van der Waals surface area contributed by atoms with Gasteiger partial charge in [-0.05, 0) is 73.0 Å². The van der Waals surface area contributed by atoms with Gasteiger partial charge in [-0.15, -0.1) is 0 Å². The van der Waals surface area contributed by atoms with Gasteiger partial charge in [0, 0.05) is 10.7 Å². The van der Waals surface area contributed by atoms with Crippen molar-refractivity contribution in [3.05, 3.63) is 93.5 Å². The molecule has 1 fully saturated rings. The second-order valence-electron chi connectivity index (χ2n) is 7.90. The van der Waals surface area contributed by atoms with E-state index in [1.807, 2.05) is 19.9 Å². The van der Waals surface area contributed by atoms with Crippen LogP contribution in [0.1, 0.15) is 28.3 Å². The van der Waals surface area contributed by atoms with E-state index in [2.05, 4.69) is 0 Å². The van der Waals surface area contributed by atoms with E-state index in [4.69, 9.17) is 16.3 Å². The second-order valence-corrected chi connectivity index (χ2v) is 8.34. The Morgan fingerprint density at radius 2 is 1.73 bits per heavy atom. The zero-order valence-corrected chi connectivity index (χ0v) is 19.1. The maximum absolute atomic E-state index is 13.3. The number of halogens is 1. The summed E-state index contributed by atoms with van der Waals surface area (Å²) in [6.45, 7) is 3.70. The molecule has 0 aromatic heterocycles. The summed E-state index contributed by atoms with van der Waals surface area (Å²) in [5.41, 5.74) is 2.75. The van der Waals surface area contributed by atoms with Gasteiger partial charge < -0.3 is 14.9 Å². The number of amides is 1. The number of methoxy groups -OCH3 is 1. The quantitative estimate of drug-likeness (QED) is 0.311. The predicted octanol–water partition coefficient (Wildman–Crippen LogP) is 5.30. The third-order valence-corrected chi connectivity index (χ3v) is 5.87. The first-order valence-electron chi connectivity index (χ1n) is 10.2. The highest BCUT2D eigenvalue weighted by molar-refractivity contribution is 6.51. The van der Waals surface area contributed by atoms with E-state index in [-0.39, 0.29) is 17.1 Å². The van der Waals surface area contributed by atoms with Crippen LogP contribution in [-0.4, -0.2) is 29.0 Å². The van der Waals surface area contributed by atoms with Crippen LogP contribution in [0.2, 0.25) is 5.02 Å². The third-order valence-electron chi connectivity index (χ3n) is 5.61. The van der Waals surface area contributed by atoms with Gasteiger partial charge in [0.15, 0.2) is 0 Å². The number of aryl methyl sites for hydroxylation is 2. The standard InChI is InChI=1S/C26H22ClNO5/c1-14-11-15(2)25(33-3)20(12-14)23(30)21-22(16-5-4-6-19(29)13-16)28(26(32)24(21)31)18-9-7-17(27)8-10-18/h4-13,22,29-30H,1-3H3/b23-21+. The Morgan fingerprint density at radius 3 is 2.36 bits per heavy atom. The SMILES string of the molecule is COc1c(C)cc(C)cc1/C(O)=C1\C(=O)C(=O)N(c2ccc(Cl)cc2)C1c1cccc(O)c1. The van der Waals surface area contributed by atoms with Crippen molar-refractivity contribution < 1.29 is 24.5 Å². The van der Waals surface area contributed by atoms with Crippen LogP contribution in [0.4, 0.5) is 5.69 Å². The molecule has 1 amide bonds. The van der Waals surface area contributed by atoms with Crippen LogP contribution in [0.5, 0.6) is 11.5 Å². The molecule has 0 spiro atoms. The van der Waals surface area contributed by atoms with Gasteiger partial charge in [0.25, 0.3) is 11.7 Å². The number of nitrogens with zero attached hydrogens (tertiary/aromatic N) is 1. The molecule has 1 heterocycles. The van der Waals surface area contributed by atoms with Crippen molar-refractivity contribution in [3.63, 3.8) is 0 Å². The molecule has 3 aromatic rings. The average Bonchev–Trinajstić information content (AvgIpc) is 3.04. The summed E-state index contributed by atoms with van der Waals surface area (Å²) in [7, 11) is 1.48. The number of carbonyl (C=O) groups is 2. The largest absolute Gasteiger partial charge is 0.508 e. The molecule has 0 bridgehead atoms. The number of ketones is 1. The van der Waals surface area contributed by atoms with Crippen molar-refractivity contribution in [2.45, 2.75) is 19.9 Å². The highest BCUT2D eigenvalue weighted by Gasteiger charge is 2.47. The number of anilines is 1. The van der Waals surface area contributed by atoms with Crippen LogP contribution >= 0.6 is 11.6 Å². The second kappa shape index (κ2) is 8.64. The van der Waals surface area contributed by atoms with Crippen molar-refractivity contribution in [2.75, 3.05) is 12.0 Å². The molecule has 168 valence electrons. The summed E-state index contributed by atoms with van der Waals surface area (Å²) < 4.78 is 5.50. The summed E-state index contributed by atoms with van der Waals surface area (Å²) in [4.78, 5) is 27.8. The van der Waals surface area contributed by atoms with Crippen molar-refractivity contribution >= 4 is 34.7 Å². The third kappa shape index (κ3) is 3.94. The van der Waals surface area contributed by atoms with Gasteiger partial charge in [0.2, 0.25) is 0 Å². The number of hydrogen-bond donors (Lipinski definition) is 2. The van der Waals surface area contributed by atoms with Crippen LogP contribution < -0.4 is 9.64 Å². The number of aliphatic hydroxyl groups is 1. The number of phenols is 1. The lowest BCUT2D eigenvalue weighted by Gasteiger charge is -2.26. The topological polar surface area (TPSA) is 87.1 Å². The average molecular weight is 464 g/mol. The monoisotopic (exact) mass is 463 g/mol. The van der Waals surface area contributed by atoms with Crippen molar-refractivity contribution in [1.29, 1.82) is 0 Å². The molecule has 7 heteroatoms. The zero-order valence-electron chi connectivity index (χ0n) is 18.3. The van der Waals surface area contributed by atoms with E-state index in [1.54, 1.807) is 42.5 Å². The van der Waals surface area contributed by atoms with Crippen molar-refractivity contribution in [1.82, 2.24) is 0 Å². The minimum atomic E-state index is -0.969. The molecule has 33 heavy (non-hydrogen) atoms. The molecule has 6 nitrogen and oxygen atoms in total. The number of benzene rings is 3. The number of rotatable bonds is 4. The summed E-state index contributed by atoms with van der Waals surface area (Å²) in [5, 5.41) is 22.0. The van der Waals surface area contributed by atoms with Crippen LogP contribution in [-0.2, 0) is 9.59 Å². The Balaban J connectivity index is 2.01. The molecule has 3 aromatic carbocycles. The molecule has 0 radical (unpaired) electrons. The number of Topliss-reactive ketones (excluding diaryl/α,β-unsaturated/α-hetero) is 1. The molecular weight excluding hydrogens is 442 g/mol. The zero-order chi connectivity index (χ0) is 23.9. The van der Waals surface area contributed by atoms with Crippen LogP contribution in [0.15, 0.2) is 66.2 Å². The smallest absolute Gasteiger partial charge is 0.300 e.